The third-order valence-corrected chi connectivity index (χ3v) is 2.86. The lowest BCUT2D eigenvalue weighted by atomic mass is 10.2. The van der Waals surface area contributed by atoms with Crippen molar-refractivity contribution in [3.05, 3.63) is 18.0 Å². The van der Waals surface area contributed by atoms with Gasteiger partial charge in [-0.25, -0.2) is 4.98 Å². The predicted molar refractivity (Wildman–Crippen MR) is 63.4 cm³/mol. The minimum atomic E-state index is -4.57. The number of rotatable bonds is 3. The van der Waals surface area contributed by atoms with Crippen molar-refractivity contribution in [1.29, 1.82) is 0 Å². The zero-order valence-electron chi connectivity index (χ0n) is 10.7. The minimum Gasteiger partial charge on any atom is -0.494 e. The molecular weight excluding hydrogens is 277 g/mol. The number of pyridine rings is 1. The Morgan fingerprint density at radius 1 is 1.55 bits per heavy atom. The second-order valence-electron chi connectivity index (χ2n) is 4.26. The molecular formula is C12H13F3N2O3. The number of nitrogens with one attached hydrogen (secondary N) is 1. The van der Waals surface area contributed by atoms with Crippen molar-refractivity contribution in [2.24, 2.45) is 0 Å². The smallest absolute Gasteiger partial charge is 0.433 e. The molecule has 0 bridgehead atoms. The Bertz CT molecular complexity index is 499. The second-order valence-corrected chi connectivity index (χ2v) is 4.26. The van der Waals surface area contributed by atoms with Crippen LogP contribution in [0, 0.1) is 0 Å². The Kier molecular flexibility index (Phi) is 4.12. The lowest BCUT2D eigenvalue weighted by molar-refractivity contribution is -0.141. The molecule has 1 N–H and O–H groups in total. The van der Waals surface area contributed by atoms with Crippen molar-refractivity contribution in [3.63, 3.8) is 0 Å². The van der Waals surface area contributed by atoms with Crippen molar-refractivity contribution in [3.8, 4) is 5.75 Å². The van der Waals surface area contributed by atoms with Gasteiger partial charge in [-0.2, -0.15) is 13.2 Å². The van der Waals surface area contributed by atoms with Crippen molar-refractivity contribution in [1.82, 2.24) is 4.98 Å². The summed E-state index contributed by atoms with van der Waals surface area (Å²) in [5.41, 5.74) is -0.995. The van der Waals surface area contributed by atoms with Gasteiger partial charge in [0.25, 0.3) is 5.91 Å². The average Bonchev–Trinajstić information content (AvgIpc) is 2.91. The Balaban J connectivity index is 2.17. The fraction of sp³-hybridized carbons (Fsp3) is 0.500. The first-order chi connectivity index (χ1) is 9.41. The summed E-state index contributed by atoms with van der Waals surface area (Å²) in [5.74, 6) is -0.513. The normalized spacial score (nSPS) is 18.9. The predicted octanol–water partition coefficient (Wildman–Crippen LogP) is 2.23. The maximum absolute atomic E-state index is 12.5. The van der Waals surface area contributed by atoms with Crippen molar-refractivity contribution < 1.29 is 27.4 Å². The Hall–Kier alpha value is -1.83. The number of aromatic nitrogens is 1. The van der Waals surface area contributed by atoms with Gasteiger partial charge in [-0.15, -0.1) is 0 Å². The van der Waals surface area contributed by atoms with Crippen LogP contribution in [0.5, 0.6) is 5.75 Å². The van der Waals surface area contributed by atoms with Crippen LogP contribution < -0.4 is 10.1 Å². The highest BCUT2D eigenvalue weighted by atomic mass is 19.4. The summed E-state index contributed by atoms with van der Waals surface area (Å²) >= 11 is 0. The number of ether oxygens (including phenoxy) is 2. The highest BCUT2D eigenvalue weighted by Gasteiger charge is 2.33. The van der Waals surface area contributed by atoms with Crippen LogP contribution in [0.1, 0.15) is 18.5 Å². The van der Waals surface area contributed by atoms with Gasteiger partial charge in [0.1, 0.15) is 23.2 Å². The van der Waals surface area contributed by atoms with Gasteiger partial charge >= 0.3 is 6.18 Å². The van der Waals surface area contributed by atoms with E-state index in [1.165, 1.54) is 7.11 Å². The number of nitrogens with zero attached hydrogens (tertiary/aromatic N) is 1. The number of hydrogen-bond donors (Lipinski definition) is 1. The molecule has 0 radical (unpaired) electrons. The van der Waals surface area contributed by atoms with Crippen molar-refractivity contribution in [2.75, 3.05) is 19.0 Å². The van der Waals surface area contributed by atoms with Crippen molar-refractivity contribution >= 4 is 11.6 Å². The molecule has 1 saturated heterocycles. The monoisotopic (exact) mass is 290 g/mol. The highest BCUT2D eigenvalue weighted by Crippen LogP contribution is 2.33. The van der Waals surface area contributed by atoms with Crippen molar-refractivity contribution in [2.45, 2.75) is 25.1 Å². The quantitative estimate of drug-likeness (QED) is 0.927. The van der Waals surface area contributed by atoms with E-state index in [1.54, 1.807) is 0 Å². The molecule has 1 atom stereocenters. The first-order valence-corrected chi connectivity index (χ1v) is 5.95. The van der Waals surface area contributed by atoms with Crippen LogP contribution >= 0.6 is 0 Å². The molecule has 1 aromatic rings. The van der Waals surface area contributed by atoms with Gasteiger partial charge in [-0.05, 0) is 12.8 Å². The third kappa shape index (κ3) is 3.19. The molecule has 5 nitrogen and oxygen atoms in total. The number of methoxy groups -OCH3 is 1. The fourth-order valence-corrected chi connectivity index (χ4v) is 1.85. The van der Waals surface area contributed by atoms with Crippen LogP contribution in [-0.4, -0.2) is 30.7 Å². The van der Waals surface area contributed by atoms with E-state index in [1.807, 2.05) is 0 Å². The highest BCUT2D eigenvalue weighted by molar-refractivity contribution is 5.95. The first-order valence-electron chi connectivity index (χ1n) is 5.95. The number of hydrogen-bond acceptors (Lipinski definition) is 4. The summed E-state index contributed by atoms with van der Waals surface area (Å²) in [7, 11) is 1.22. The molecule has 0 spiro atoms. The maximum Gasteiger partial charge on any atom is 0.433 e. The average molecular weight is 290 g/mol. The van der Waals surface area contributed by atoms with Gasteiger partial charge in [-0.3, -0.25) is 4.79 Å². The molecule has 2 rings (SSSR count). The first kappa shape index (κ1) is 14.6. The molecule has 0 unspecified atom stereocenters. The van der Waals surface area contributed by atoms with Gasteiger partial charge in [-0.1, -0.05) is 0 Å². The summed E-state index contributed by atoms with van der Waals surface area (Å²) in [6, 6.07) is 0.741. The summed E-state index contributed by atoms with van der Waals surface area (Å²) < 4.78 is 47.6. The van der Waals surface area contributed by atoms with E-state index in [2.05, 4.69) is 10.3 Å². The molecule has 1 aliphatic heterocycles. The maximum atomic E-state index is 12.5. The zero-order chi connectivity index (χ0) is 14.8. The Morgan fingerprint density at radius 2 is 2.30 bits per heavy atom. The van der Waals surface area contributed by atoms with Gasteiger partial charge in [0.05, 0.1) is 13.3 Å². The van der Waals surface area contributed by atoms with Crippen LogP contribution in [-0.2, 0) is 15.7 Å². The second kappa shape index (κ2) is 5.66. The SMILES string of the molecule is COc1cc(C(F)(F)F)ncc1NC(=O)[C@@H]1CCCO1. The molecule has 1 aliphatic rings. The number of halogens is 3. The van der Waals surface area contributed by atoms with Gasteiger partial charge in [0.2, 0.25) is 0 Å². The van der Waals surface area contributed by atoms with E-state index < -0.39 is 23.9 Å². The van der Waals surface area contributed by atoms with E-state index in [4.69, 9.17) is 9.47 Å². The van der Waals surface area contributed by atoms with Crippen LogP contribution in [0.25, 0.3) is 0 Å². The summed E-state index contributed by atoms with van der Waals surface area (Å²) in [6.45, 7) is 0.500. The third-order valence-electron chi connectivity index (χ3n) is 2.86. The minimum absolute atomic E-state index is 0.0843. The van der Waals surface area contributed by atoms with Gasteiger partial charge in [0, 0.05) is 12.7 Å². The summed E-state index contributed by atoms with van der Waals surface area (Å²) in [4.78, 5) is 15.1. The number of carbonyl (C=O) groups is 1. The Morgan fingerprint density at radius 3 is 2.85 bits per heavy atom. The summed E-state index contributed by atoms with van der Waals surface area (Å²) in [6.07, 6.45) is -2.86. The molecule has 0 aliphatic carbocycles. The molecule has 0 saturated carbocycles. The largest absolute Gasteiger partial charge is 0.494 e. The molecule has 110 valence electrons. The van der Waals surface area contributed by atoms with E-state index in [9.17, 15) is 18.0 Å². The molecule has 1 fully saturated rings. The van der Waals surface area contributed by atoms with Gasteiger partial charge < -0.3 is 14.8 Å². The molecule has 1 aromatic heterocycles. The molecule has 8 heteroatoms. The lowest BCUT2D eigenvalue weighted by Crippen LogP contribution is -2.27. The number of alkyl halides is 3. The van der Waals surface area contributed by atoms with E-state index >= 15 is 0 Å². The molecule has 0 aromatic carbocycles. The fourth-order valence-electron chi connectivity index (χ4n) is 1.85. The lowest BCUT2D eigenvalue weighted by Gasteiger charge is -2.14. The molecule has 20 heavy (non-hydrogen) atoms. The summed E-state index contributed by atoms with van der Waals surface area (Å²) in [5, 5.41) is 2.46. The van der Waals surface area contributed by atoms with Crippen LogP contribution in [0.15, 0.2) is 12.3 Å². The van der Waals surface area contributed by atoms with Crippen LogP contribution in [0.3, 0.4) is 0 Å². The number of carbonyl (C=O) groups excluding carboxylic acids is 1. The number of amides is 1. The van der Waals surface area contributed by atoms with E-state index in [0.717, 1.165) is 18.7 Å². The zero-order valence-corrected chi connectivity index (χ0v) is 10.7. The topological polar surface area (TPSA) is 60.5 Å². The van der Waals surface area contributed by atoms with Crippen LogP contribution in [0.4, 0.5) is 18.9 Å². The molecule has 1 amide bonds. The molecule has 2 heterocycles. The van der Waals surface area contributed by atoms with E-state index in [0.29, 0.717) is 13.0 Å². The number of anilines is 1. The van der Waals surface area contributed by atoms with Crippen LogP contribution in [0.2, 0.25) is 0 Å². The Labute approximate surface area is 113 Å². The van der Waals surface area contributed by atoms with E-state index in [-0.39, 0.29) is 11.4 Å². The standard InChI is InChI=1S/C12H13F3N2O3/c1-19-9-5-10(12(13,14)15)16-6-7(9)17-11(18)8-3-2-4-20-8/h5-6,8H,2-4H2,1H3,(H,17,18)/t8-/m0/s1. The van der Waals surface area contributed by atoms with Gasteiger partial charge in [0.15, 0.2) is 0 Å².